The van der Waals surface area contributed by atoms with E-state index < -0.39 is 0 Å². The molecule has 0 aliphatic carbocycles. The summed E-state index contributed by atoms with van der Waals surface area (Å²) in [6.07, 6.45) is 0.00916. The fourth-order valence-electron chi connectivity index (χ4n) is 1.69. The number of rotatable bonds is 4. The number of anilines is 1. The van der Waals surface area contributed by atoms with Crippen molar-refractivity contribution in [2.75, 3.05) is 19.2 Å². The van der Waals surface area contributed by atoms with Crippen molar-refractivity contribution >= 4 is 17.6 Å². The molecule has 1 aliphatic heterocycles. The fourth-order valence-corrected chi connectivity index (χ4v) is 1.69. The second-order valence-corrected chi connectivity index (χ2v) is 4.20. The number of aromatic nitrogens is 2. The third-order valence-electron chi connectivity index (χ3n) is 2.84. The zero-order valence-corrected chi connectivity index (χ0v) is 11.4. The molecule has 1 aromatic heterocycles. The molecule has 0 aromatic carbocycles. The highest BCUT2D eigenvalue weighted by Gasteiger charge is 2.30. The molecule has 0 saturated carbocycles. The molecule has 2 heterocycles. The molecule has 2 rings (SSSR count). The number of hydrogen-bond donors (Lipinski definition) is 0. The van der Waals surface area contributed by atoms with E-state index in [1.54, 1.807) is 20.1 Å². The second kappa shape index (κ2) is 5.31. The summed E-state index contributed by atoms with van der Waals surface area (Å²) in [5.41, 5.74) is 1.37. The number of nitrogens with zero attached hydrogens (tertiary/aromatic N) is 4. The molecule has 0 N–H and O–H groups in total. The molecule has 19 heavy (non-hydrogen) atoms. The first-order chi connectivity index (χ1) is 9.05. The summed E-state index contributed by atoms with van der Waals surface area (Å²) in [7, 11) is 3.09. The van der Waals surface area contributed by atoms with Gasteiger partial charge in [0.2, 0.25) is 5.88 Å². The smallest absolute Gasteiger partial charge is 0.257 e. The standard InChI is InChI=1S/C12H16N4O3/c1-7-5-10(19-4)14-12(13-7)16-11(17)6-9(15-16)8(2)18-3/h5,8H,6H2,1-4H3. The molecule has 0 radical (unpaired) electrons. The van der Waals surface area contributed by atoms with Crippen molar-refractivity contribution < 1.29 is 14.3 Å². The summed E-state index contributed by atoms with van der Waals surface area (Å²) in [6.45, 7) is 3.64. The second-order valence-electron chi connectivity index (χ2n) is 4.20. The van der Waals surface area contributed by atoms with Crippen LogP contribution in [0, 0.1) is 6.92 Å². The minimum atomic E-state index is -0.208. The van der Waals surface area contributed by atoms with Crippen molar-refractivity contribution in [3.05, 3.63) is 11.8 Å². The Morgan fingerprint density at radius 2 is 2.11 bits per heavy atom. The Morgan fingerprint density at radius 3 is 2.74 bits per heavy atom. The van der Waals surface area contributed by atoms with E-state index in [0.29, 0.717) is 17.3 Å². The van der Waals surface area contributed by atoms with Crippen LogP contribution in [0.5, 0.6) is 5.88 Å². The molecule has 1 atom stereocenters. The summed E-state index contributed by atoms with van der Waals surface area (Å²) >= 11 is 0. The zero-order chi connectivity index (χ0) is 14.0. The van der Waals surface area contributed by atoms with Gasteiger partial charge in [0.15, 0.2) is 0 Å². The summed E-state index contributed by atoms with van der Waals surface area (Å²) in [6, 6.07) is 1.69. The van der Waals surface area contributed by atoms with Gasteiger partial charge in [-0.25, -0.2) is 4.98 Å². The average molecular weight is 264 g/mol. The molecule has 1 amide bonds. The van der Waals surface area contributed by atoms with Gasteiger partial charge in [-0.05, 0) is 13.8 Å². The van der Waals surface area contributed by atoms with E-state index in [2.05, 4.69) is 15.1 Å². The maximum atomic E-state index is 12.0. The molecule has 1 aromatic rings. The maximum absolute atomic E-state index is 12.0. The van der Waals surface area contributed by atoms with Crippen molar-refractivity contribution in [2.45, 2.75) is 26.4 Å². The van der Waals surface area contributed by atoms with E-state index in [0.717, 1.165) is 0 Å². The van der Waals surface area contributed by atoms with Gasteiger partial charge in [0.1, 0.15) is 0 Å². The lowest BCUT2D eigenvalue weighted by Crippen LogP contribution is -2.22. The van der Waals surface area contributed by atoms with Gasteiger partial charge in [0, 0.05) is 18.9 Å². The molecular formula is C12H16N4O3. The summed E-state index contributed by atoms with van der Waals surface area (Å²) in [5.74, 6) is 0.449. The first-order valence-electron chi connectivity index (χ1n) is 5.88. The minimum Gasteiger partial charge on any atom is -0.481 e. The summed E-state index contributed by atoms with van der Waals surface area (Å²) in [4.78, 5) is 20.3. The van der Waals surface area contributed by atoms with Crippen molar-refractivity contribution in [1.29, 1.82) is 0 Å². The Labute approximate surface area is 111 Å². The number of hydrogen-bond acceptors (Lipinski definition) is 6. The number of carbonyl (C=O) groups is 1. The Balaban J connectivity index is 2.33. The molecule has 1 aliphatic rings. The SMILES string of the molecule is COc1cc(C)nc(N2N=C(C(C)OC)CC2=O)n1. The molecular weight excluding hydrogens is 248 g/mol. The van der Waals surface area contributed by atoms with Crippen molar-refractivity contribution in [3.8, 4) is 5.88 Å². The van der Waals surface area contributed by atoms with Gasteiger partial charge in [-0.2, -0.15) is 15.1 Å². The molecule has 102 valence electrons. The molecule has 0 spiro atoms. The Kier molecular flexibility index (Phi) is 3.75. The van der Waals surface area contributed by atoms with Crippen molar-refractivity contribution in [1.82, 2.24) is 9.97 Å². The third-order valence-corrected chi connectivity index (χ3v) is 2.84. The van der Waals surface area contributed by atoms with E-state index in [1.165, 1.54) is 12.1 Å². The van der Waals surface area contributed by atoms with Crippen molar-refractivity contribution in [2.24, 2.45) is 5.10 Å². The van der Waals surface area contributed by atoms with E-state index in [1.807, 2.05) is 6.92 Å². The number of methoxy groups -OCH3 is 2. The van der Waals surface area contributed by atoms with Crippen LogP contribution in [-0.4, -0.2) is 41.9 Å². The van der Waals surface area contributed by atoms with Gasteiger partial charge < -0.3 is 9.47 Å². The highest BCUT2D eigenvalue weighted by atomic mass is 16.5. The molecule has 0 fully saturated rings. The maximum Gasteiger partial charge on any atom is 0.257 e. The number of amides is 1. The first kappa shape index (κ1) is 13.4. The lowest BCUT2D eigenvalue weighted by Gasteiger charge is -2.11. The van der Waals surface area contributed by atoms with Gasteiger partial charge >= 0.3 is 0 Å². The Morgan fingerprint density at radius 1 is 1.37 bits per heavy atom. The van der Waals surface area contributed by atoms with Crippen LogP contribution in [0.15, 0.2) is 11.2 Å². The quantitative estimate of drug-likeness (QED) is 0.808. The molecule has 0 bridgehead atoms. The van der Waals surface area contributed by atoms with E-state index in [9.17, 15) is 4.79 Å². The predicted octanol–water partition coefficient (Wildman–Crippen LogP) is 0.921. The Hall–Kier alpha value is -2.02. The largest absolute Gasteiger partial charge is 0.481 e. The van der Waals surface area contributed by atoms with Crippen LogP contribution in [0.4, 0.5) is 5.95 Å². The van der Waals surface area contributed by atoms with Gasteiger partial charge in [0.25, 0.3) is 11.9 Å². The van der Waals surface area contributed by atoms with Crippen molar-refractivity contribution in [3.63, 3.8) is 0 Å². The summed E-state index contributed by atoms with van der Waals surface area (Å²) in [5, 5.41) is 5.42. The zero-order valence-electron chi connectivity index (χ0n) is 11.4. The summed E-state index contributed by atoms with van der Waals surface area (Å²) < 4.78 is 10.2. The van der Waals surface area contributed by atoms with Gasteiger partial charge in [-0.3, -0.25) is 4.79 Å². The predicted molar refractivity (Wildman–Crippen MR) is 69.3 cm³/mol. The normalized spacial score (nSPS) is 16.5. The number of carbonyl (C=O) groups excluding carboxylic acids is 1. The van der Waals surface area contributed by atoms with Crippen LogP contribution in [-0.2, 0) is 9.53 Å². The van der Waals surface area contributed by atoms with E-state index >= 15 is 0 Å². The van der Waals surface area contributed by atoms with Crippen LogP contribution in [0.3, 0.4) is 0 Å². The number of hydrazone groups is 1. The van der Waals surface area contributed by atoms with Crippen LogP contribution < -0.4 is 9.75 Å². The number of aryl methyl sites for hydroxylation is 1. The Bertz CT molecular complexity index is 530. The van der Waals surface area contributed by atoms with Crippen LogP contribution >= 0.6 is 0 Å². The minimum absolute atomic E-state index is 0.174. The highest BCUT2D eigenvalue weighted by Crippen LogP contribution is 2.21. The first-order valence-corrected chi connectivity index (χ1v) is 5.88. The molecule has 0 saturated heterocycles. The van der Waals surface area contributed by atoms with Crippen LogP contribution in [0.25, 0.3) is 0 Å². The average Bonchev–Trinajstić information content (AvgIpc) is 2.79. The third kappa shape index (κ3) is 2.70. The topological polar surface area (TPSA) is 76.9 Å². The lowest BCUT2D eigenvalue weighted by molar-refractivity contribution is -0.117. The fraction of sp³-hybridized carbons (Fsp3) is 0.500. The van der Waals surface area contributed by atoms with E-state index in [-0.39, 0.29) is 24.4 Å². The number of ether oxygens (including phenoxy) is 2. The van der Waals surface area contributed by atoms with Crippen LogP contribution in [0.1, 0.15) is 19.0 Å². The molecule has 7 heteroatoms. The monoisotopic (exact) mass is 264 g/mol. The highest BCUT2D eigenvalue weighted by molar-refractivity contribution is 6.13. The van der Waals surface area contributed by atoms with Gasteiger partial charge in [-0.1, -0.05) is 0 Å². The van der Waals surface area contributed by atoms with Gasteiger partial charge in [0.05, 0.1) is 25.3 Å². The molecule has 7 nitrogen and oxygen atoms in total. The van der Waals surface area contributed by atoms with Crippen LogP contribution in [0.2, 0.25) is 0 Å². The lowest BCUT2D eigenvalue weighted by atomic mass is 10.2. The van der Waals surface area contributed by atoms with Gasteiger partial charge in [-0.15, -0.1) is 0 Å². The van der Waals surface area contributed by atoms with E-state index in [4.69, 9.17) is 9.47 Å². The molecule has 1 unspecified atom stereocenters.